The number of nitrogens with one attached hydrogen (secondary N) is 2. The summed E-state index contributed by atoms with van der Waals surface area (Å²) in [6, 6.07) is 5.25. The van der Waals surface area contributed by atoms with Crippen LogP contribution in [0.4, 0.5) is 5.69 Å². The Hall–Kier alpha value is -3.21. The van der Waals surface area contributed by atoms with Gasteiger partial charge < -0.3 is 25.0 Å². The topological polar surface area (TPSA) is 123 Å². The van der Waals surface area contributed by atoms with Crippen LogP contribution in [0.2, 0.25) is 0 Å². The molecular weight excluding hydrogens is 446 g/mol. The number of fused-ring (bicyclic) bond motifs is 1. The second-order valence-corrected chi connectivity index (χ2v) is 9.23. The molecule has 3 heterocycles. The van der Waals surface area contributed by atoms with E-state index in [4.69, 9.17) is 9.47 Å². The first kappa shape index (κ1) is 23.0. The second-order valence-electron chi connectivity index (χ2n) is 8.25. The molecule has 1 aromatic heterocycles. The van der Waals surface area contributed by atoms with Gasteiger partial charge in [-0.05, 0) is 44.2 Å². The predicted molar refractivity (Wildman–Crippen MR) is 122 cm³/mol. The number of anilines is 1. The van der Waals surface area contributed by atoms with E-state index in [1.165, 1.54) is 0 Å². The average Bonchev–Trinajstić information content (AvgIpc) is 3.48. The number of hydrogen-bond acceptors (Lipinski definition) is 8. The molecule has 1 aromatic carbocycles. The maximum Gasteiger partial charge on any atom is 0.286 e. The van der Waals surface area contributed by atoms with Crippen LogP contribution in [0.3, 0.4) is 0 Å². The molecule has 176 valence electrons. The quantitative estimate of drug-likeness (QED) is 0.634. The van der Waals surface area contributed by atoms with Crippen LogP contribution in [-0.2, 0) is 4.79 Å². The molecule has 0 saturated carbocycles. The highest BCUT2D eigenvalue weighted by atomic mass is 32.1. The minimum atomic E-state index is -0.448. The number of ether oxygens (including phenoxy) is 2. The molecule has 1 atom stereocenters. The van der Waals surface area contributed by atoms with Gasteiger partial charge in [-0.3, -0.25) is 14.4 Å². The molecule has 2 aliphatic heterocycles. The van der Waals surface area contributed by atoms with Crippen LogP contribution in [0, 0.1) is 5.92 Å². The second kappa shape index (κ2) is 10.2. The molecule has 2 aliphatic rings. The highest BCUT2D eigenvalue weighted by Crippen LogP contribution is 2.34. The Morgan fingerprint density at radius 3 is 2.64 bits per heavy atom. The molecular formula is C22H27N5O5S. The number of aromatic nitrogens is 2. The fourth-order valence-electron chi connectivity index (χ4n) is 3.73. The first-order chi connectivity index (χ1) is 15.9. The zero-order valence-corrected chi connectivity index (χ0v) is 19.4. The standard InChI is InChI=1S/C22H27N5O5S/c1-3-13(2)23-18(28)10-14-6-8-27(9-7-14)22(30)21-26-25-20(33-21)19(29)24-15-4-5-16-17(11-15)32-12-31-16/h4-5,11,13-14H,3,6-10,12H2,1-2H3,(H,23,28)(H,24,29). The van der Waals surface area contributed by atoms with Crippen molar-refractivity contribution in [2.75, 3.05) is 25.2 Å². The summed E-state index contributed by atoms with van der Waals surface area (Å²) in [5.41, 5.74) is 0.534. The van der Waals surface area contributed by atoms with Gasteiger partial charge in [0, 0.05) is 37.3 Å². The molecule has 0 aliphatic carbocycles. The maximum absolute atomic E-state index is 12.8. The zero-order valence-electron chi connectivity index (χ0n) is 18.6. The first-order valence-electron chi connectivity index (χ1n) is 11.1. The molecule has 1 saturated heterocycles. The van der Waals surface area contributed by atoms with Gasteiger partial charge in [-0.1, -0.05) is 18.3 Å². The monoisotopic (exact) mass is 473 g/mol. The lowest BCUT2D eigenvalue weighted by atomic mass is 9.93. The van der Waals surface area contributed by atoms with E-state index in [2.05, 4.69) is 20.8 Å². The van der Waals surface area contributed by atoms with Crippen LogP contribution in [0.25, 0.3) is 0 Å². The van der Waals surface area contributed by atoms with Gasteiger partial charge in [-0.2, -0.15) is 0 Å². The fourth-order valence-corrected chi connectivity index (χ4v) is 4.44. The number of nitrogens with zero attached hydrogens (tertiary/aromatic N) is 3. The summed E-state index contributed by atoms with van der Waals surface area (Å²) in [6.07, 6.45) is 2.90. The van der Waals surface area contributed by atoms with E-state index in [1.54, 1.807) is 23.1 Å². The molecule has 0 radical (unpaired) electrons. The van der Waals surface area contributed by atoms with Crippen molar-refractivity contribution in [2.45, 2.75) is 45.6 Å². The summed E-state index contributed by atoms with van der Waals surface area (Å²) >= 11 is 0.963. The summed E-state index contributed by atoms with van der Waals surface area (Å²) in [4.78, 5) is 39.2. The van der Waals surface area contributed by atoms with E-state index >= 15 is 0 Å². The van der Waals surface area contributed by atoms with Gasteiger partial charge in [0.1, 0.15) is 0 Å². The molecule has 1 fully saturated rings. The van der Waals surface area contributed by atoms with Gasteiger partial charge in [0.25, 0.3) is 11.8 Å². The Morgan fingerprint density at radius 2 is 1.88 bits per heavy atom. The number of carbonyl (C=O) groups is 3. The van der Waals surface area contributed by atoms with Crippen LogP contribution in [-0.4, -0.2) is 58.7 Å². The summed E-state index contributed by atoms with van der Waals surface area (Å²) in [5.74, 6) is 0.818. The lowest BCUT2D eigenvalue weighted by Crippen LogP contribution is -2.40. The van der Waals surface area contributed by atoms with Crippen molar-refractivity contribution in [2.24, 2.45) is 5.92 Å². The highest BCUT2D eigenvalue weighted by Gasteiger charge is 2.28. The lowest BCUT2D eigenvalue weighted by molar-refractivity contribution is -0.122. The van der Waals surface area contributed by atoms with E-state index in [1.807, 2.05) is 13.8 Å². The summed E-state index contributed by atoms with van der Waals surface area (Å²) in [6.45, 7) is 5.29. The van der Waals surface area contributed by atoms with Crippen LogP contribution in [0.5, 0.6) is 11.5 Å². The van der Waals surface area contributed by atoms with Crippen molar-refractivity contribution < 1.29 is 23.9 Å². The molecule has 33 heavy (non-hydrogen) atoms. The van der Waals surface area contributed by atoms with Crippen LogP contribution in [0.15, 0.2) is 18.2 Å². The number of benzene rings is 1. The average molecular weight is 474 g/mol. The van der Waals surface area contributed by atoms with E-state index in [-0.39, 0.29) is 40.6 Å². The number of likely N-dealkylation sites (tertiary alicyclic amines) is 1. The Morgan fingerprint density at radius 1 is 1.15 bits per heavy atom. The highest BCUT2D eigenvalue weighted by molar-refractivity contribution is 7.15. The van der Waals surface area contributed by atoms with E-state index in [9.17, 15) is 14.4 Å². The maximum atomic E-state index is 12.8. The summed E-state index contributed by atoms with van der Waals surface area (Å²) < 4.78 is 10.6. The zero-order chi connectivity index (χ0) is 23.4. The third kappa shape index (κ3) is 5.59. The normalized spacial score (nSPS) is 16.4. The molecule has 1 unspecified atom stereocenters. The number of hydrogen-bond donors (Lipinski definition) is 2. The van der Waals surface area contributed by atoms with Crippen LogP contribution < -0.4 is 20.1 Å². The Balaban J connectivity index is 1.28. The smallest absolute Gasteiger partial charge is 0.286 e. The molecule has 0 spiro atoms. The minimum Gasteiger partial charge on any atom is -0.454 e. The number of carbonyl (C=O) groups excluding carboxylic acids is 3. The summed E-state index contributed by atoms with van der Waals surface area (Å²) in [5, 5.41) is 13.8. The molecule has 10 nitrogen and oxygen atoms in total. The SMILES string of the molecule is CCC(C)NC(=O)CC1CCN(C(=O)c2nnc(C(=O)Nc3ccc4c(c3)OCO4)s2)CC1. The third-order valence-electron chi connectivity index (χ3n) is 5.83. The fraction of sp³-hybridized carbons (Fsp3) is 0.500. The molecule has 2 aromatic rings. The third-order valence-corrected chi connectivity index (χ3v) is 6.74. The van der Waals surface area contributed by atoms with Gasteiger partial charge >= 0.3 is 0 Å². The van der Waals surface area contributed by atoms with Gasteiger partial charge in [0.05, 0.1) is 0 Å². The van der Waals surface area contributed by atoms with Gasteiger partial charge in [-0.25, -0.2) is 0 Å². The van der Waals surface area contributed by atoms with Crippen molar-refractivity contribution in [3.63, 3.8) is 0 Å². The Labute approximate surface area is 195 Å². The number of amides is 3. The van der Waals surface area contributed by atoms with Crippen molar-refractivity contribution >= 4 is 34.7 Å². The number of rotatable bonds is 7. The predicted octanol–water partition coefficient (Wildman–Crippen LogP) is 2.68. The molecule has 2 N–H and O–H groups in total. The molecule has 11 heteroatoms. The molecule has 0 bridgehead atoms. The van der Waals surface area contributed by atoms with Crippen molar-refractivity contribution in [3.05, 3.63) is 28.2 Å². The van der Waals surface area contributed by atoms with Crippen molar-refractivity contribution in [1.82, 2.24) is 20.4 Å². The number of piperidine rings is 1. The molecule has 3 amide bonds. The van der Waals surface area contributed by atoms with Crippen LogP contribution >= 0.6 is 11.3 Å². The van der Waals surface area contributed by atoms with Crippen LogP contribution in [0.1, 0.15) is 59.1 Å². The van der Waals surface area contributed by atoms with E-state index in [0.717, 1.165) is 30.6 Å². The first-order valence-corrected chi connectivity index (χ1v) is 11.9. The lowest BCUT2D eigenvalue weighted by Gasteiger charge is -2.31. The Kier molecular flexibility index (Phi) is 7.07. The largest absolute Gasteiger partial charge is 0.454 e. The minimum absolute atomic E-state index is 0.0661. The Bertz CT molecular complexity index is 1030. The van der Waals surface area contributed by atoms with E-state index < -0.39 is 5.91 Å². The summed E-state index contributed by atoms with van der Waals surface area (Å²) in [7, 11) is 0. The van der Waals surface area contributed by atoms with Gasteiger partial charge in [-0.15, -0.1) is 10.2 Å². The van der Waals surface area contributed by atoms with E-state index in [0.29, 0.717) is 36.7 Å². The van der Waals surface area contributed by atoms with Crippen molar-refractivity contribution in [3.8, 4) is 11.5 Å². The van der Waals surface area contributed by atoms with Gasteiger partial charge in [0.15, 0.2) is 11.5 Å². The van der Waals surface area contributed by atoms with Crippen molar-refractivity contribution in [1.29, 1.82) is 0 Å². The molecule has 4 rings (SSSR count). The van der Waals surface area contributed by atoms with Gasteiger partial charge in [0.2, 0.25) is 22.7 Å².